The molecule has 1 saturated heterocycles. The number of phenols is 2. The third-order valence-corrected chi connectivity index (χ3v) is 6.23. The summed E-state index contributed by atoms with van der Waals surface area (Å²) in [5, 5.41) is 26.8. The number of anilines is 3. The van der Waals surface area contributed by atoms with Gasteiger partial charge in [-0.05, 0) is 86.1 Å². The van der Waals surface area contributed by atoms with Crippen molar-refractivity contribution in [3.63, 3.8) is 0 Å². The Balaban J connectivity index is 1.36. The van der Waals surface area contributed by atoms with E-state index in [0.717, 1.165) is 53.8 Å². The molecule has 4 N–H and O–H groups in total. The molecule has 4 aromatic rings. The first kappa shape index (κ1) is 22.7. The monoisotopic (exact) mass is 468 g/mol. The highest BCUT2D eigenvalue weighted by Crippen LogP contribution is 2.34. The van der Waals surface area contributed by atoms with Crippen LogP contribution in [0.5, 0.6) is 11.5 Å². The van der Waals surface area contributed by atoms with Crippen LogP contribution in [0.25, 0.3) is 22.0 Å². The summed E-state index contributed by atoms with van der Waals surface area (Å²) in [5.41, 5.74) is 3.98. The molecule has 1 amide bonds. The number of carbonyl (C=O) groups is 1. The van der Waals surface area contributed by atoms with Gasteiger partial charge in [-0.2, -0.15) is 0 Å². The van der Waals surface area contributed by atoms with Crippen molar-refractivity contribution in [2.24, 2.45) is 0 Å². The fourth-order valence-corrected chi connectivity index (χ4v) is 4.41. The Bertz CT molecular complexity index is 1330. The van der Waals surface area contributed by atoms with Crippen LogP contribution in [0, 0.1) is 0 Å². The summed E-state index contributed by atoms with van der Waals surface area (Å²) in [7, 11) is 0. The van der Waals surface area contributed by atoms with Crippen LogP contribution in [0.3, 0.4) is 0 Å². The fraction of sp³-hybridized carbons (Fsp3) is 0.214. The standard InChI is InChI=1S/C28H28N4O3/c33-23-11-4-19(5-12-23)25-16-20-6-13-24(34)17-26(20)31-28(25)30-22-9-7-21(8-10-22)29-27(35)18-32-14-2-1-3-15-32/h4-13,16-17,33-34H,1-3,14-15,18H2,(H,29,35)(H,30,31). The highest BCUT2D eigenvalue weighted by molar-refractivity contribution is 5.93. The number of amides is 1. The van der Waals surface area contributed by atoms with E-state index in [9.17, 15) is 15.0 Å². The molecule has 35 heavy (non-hydrogen) atoms. The van der Waals surface area contributed by atoms with Crippen LogP contribution >= 0.6 is 0 Å². The summed E-state index contributed by atoms with van der Waals surface area (Å²) >= 11 is 0. The first-order valence-electron chi connectivity index (χ1n) is 11.9. The number of aromatic hydroxyl groups is 2. The molecule has 0 spiro atoms. The molecular weight excluding hydrogens is 440 g/mol. The number of piperidine rings is 1. The molecule has 0 unspecified atom stereocenters. The van der Waals surface area contributed by atoms with E-state index in [1.165, 1.54) is 6.42 Å². The van der Waals surface area contributed by atoms with Gasteiger partial charge in [-0.25, -0.2) is 4.98 Å². The largest absolute Gasteiger partial charge is 0.508 e. The minimum absolute atomic E-state index is 0.00164. The number of rotatable bonds is 6. The second-order valence-electron chi connectivity index (χ2n) is 8.90. The van der Waals surface area contributed by atoms with E-state index in [2.05, 4.69) is 15.5 Å². The van der Waals surface area contributed by atoms with Crippen LogP contribution in [-0.4, -0.2) is 45.6 Å². The molecule has 1 aliphatic rings. The molecule has 178 valence electrons. The average molecular weight is 469 g/mol. The second kappa shape index (κ2) is 10.0. The van der Waals surface area contributed by atoms with Gasteiger partial charge in [0.15, 0.2) is 0 Å². The van der Waals surface area contributed by atoms with Gasteiger partial charge in [-0.1, -0.05) is 18.6 Å². The average Bonchev–Trinajstić information content (AvgIpc) is 2.86. The van der Waals surface area contributed by atoms with Crippen LogP contribution in [0.15, 0.2) is 72.8 Å². The third kappa shape index (κ3) is 5.53. The maximum absolute atomic E-state index is 12.4. The van der Waals surface area contributed by atoms with Crippen molar-refractivity contribution < 1.29 is 15.0 Å². The van der Waals surface area contributed by atoms with Gasteiger partial charge in [0.05, 0.1) is 12.1 Å². The molecule has 0 aliphatic carbocycles. The fourth-order valence-electron chi connectivity index (χ4n) is 4.41. The minimum atomic E-state index is -0.00164. The number of hydrogen-bond acceptors (Lipinski definition) is 6. The first-order chi connectivity index (χ1) is 17.0. The van der Waals surface area contributed by atoms with Crippen molar-refractivity contribution in [1.29, 1.82) is 0 Å². The number of benzene rings is 3. The molecule has 0 radical (unpaired) electrons. The smallest absolute Gasteiger partial charge is 0.238 e. The zero-order valence-electron chi connectivity index (χ0n) is 19.4. The third-order valence-electron chi connectivity index (χ3n) is 6.23. The van der Waals surface area contributed by atoms with Crippen LogP contribution in [0.2, 0.25) is 0 Å². The van der Waals surface area contributed by atoms with Crippen molar-refractivity contribution in [3.05, 3.63) is 72.8 Å². The van der Waals surface area contributed by atoms with Gasteiger partial charge >= 0.3 is 0 Å². The summed E-state index contributed by atoms with van der Waals surface area (Å²) in [4.78, 5) is 19.4. The Morgan fingerprint density at radius 1 is 0.829 bits per heavy atom. The number of nitrogens with zero attached hydrogens (tertiary/aromatic N) is 2. The topological polar surface area (TPSA) is 97.7 Å². The zero-order chi connectivity index (χ0) is 24.2. The van der Waals surface area contributed by atoms with Crippen molar-refractivity contribution in [2.75, 3.05) is 30.3 Å². The van der Waals surface area contributed by atoms with E-state index in [-0.39, 0.29) is 17.4 Å². The second-order valence-corrected chi connectivity index (χ2v) is 8.90. The number of likely N-dealkylation sites (tertiary alicyclic amines) is 1. The lowest BCUT2D eigenvalue weighted by Crippen LogP contribution is -2.36. The number of phenolic OH excluding ortho intramolecular Hbond substituents is 2. The van der Waals surface area contributed by atoms with Gasteiger partial charge in [0, 0.05) is 28.4 Å². The van der Waals surface area contributed by atoms with Crippen LogP contribution in [0.1, 0.15) is 19.3 Å². The van der Waals surface area contributed by atoms with E-state index in [1.54, 1.807) is 24.3 Å². The minimum Gasteiger partial charge on any atom is -0.508 e. The van der Waals surface area contributed by atoms with Crippen LogP contribution < -0.4 is 10.6 Å². The van der Waals surface area contributed by atoms with Gasteiger partial charge in [-0.15, -0.1) is 0 Å². The van der Waals surface area contributed by atoms with Crippen molar-refractivity contribution in [1.82, 2.24) is 9.88 Å². The molecule has 1 aliphatic heterocycles. The van der Waals surface area contributed by atoms with Crippen molar-refractivity contribution in [3.8, 4) is 22.6 Å². The number of nitrogens with one attached hydrogen (secondary N) is 2. The zero-order valence-corrected chi connectivity index (χ0v) is 19.4. The number of aromatic nitrogens is 1. The summed E-state index contributed by atoms with van der Waals surface area (Å²) in [6, 6.07) is 21.6. The van der Waals surface area contributed by atoms with Crippen LogP contribution in [-0.2, 0) is 4.79 Å². The number of fused-ring (bicyclic) bond motifs is 1. The molecule has 7 nitrogen and oxygen atoms in total. The molecule has 2 heterocycles. The molecule has 0 saturated carbocycles. The molecule has 1 aromatic heterocycles. The summed E-state index contributed by atoms with van der Waals surface area (Å²) in [5.74, 6) is 0.965. The molecule has 0 atom stereocenters. The molecule has 7 heteroatoms. The molecule has 1 fully saturated rings. The molecule has 3 aromatic carbocycles. The van der Waals surface area contributed by atoms with Gasteiger partial charge in [-0.3, -0.25) is 9.69 Å². The number of pyridine rings is 1. The van der Waals surface area contributed by atoms with E-state index in [4.69, 9.17) is 4.98 Å². The molecular formula is C28H28N4O3. The van der Waals surface area contributed by atoms with Gasteiger partial charge in [0.1, 0.15) is 17.3 Å². The quantitative estimate of drug-likeness (QED) is 0.299. The maximum atomic E-state index is 12.4. The van der Waals surface area contributed by atoms with Gasteiger partial charge in [0.2, 0.25) is 5.91 Å². The Kier molecular flexibility index (Phi) is 6.50. The molecule has 0 bridgehead atoms. The Labute approximate surface area is 204 Å². The first-order valence-corrected chi connectivity index (χ1v) is 11.9. The maximum Gasteiger partial charge on any atom is 0.238 e. The van der Waals surface area contributed by atoms with E-state index in [1.807, 2.05) is 48.5 Å². The summed E-state index contributed by atoms with van der Waals surface area (Å²) in [6.07, 6.45) is 3.55. The predicted molar refractivity (Wildman–Crippen MR) is 139 cm³/mol. The normalized spacial score (nSPS) is 14.1. The number of carbonyl (C=O) groups excluding carboxylic acids is 1. The summed E-state index contributed by atoms with van der Waals surface area (Å²) in [6.45, 7) is 2.39. The van der Waals surface area contributed by atoms with Gasteiger partial charge < -0.3 is 20.8 Å². The van der Waals surface area contributed by atoms with Gasteiger partial charge in [0.25, 0.3) is 0 Å². The highest BCUT2D eigenvalue weighted by Gasteiger charge is 2.14. The number of hydrogen-bond donors (Lipinski definition) is 4. The lowest BCUT2D eigenvalue weighted by Gasteiger charge is -2.25. The van der Waals surface area contributed by atoms with Crippen LogP contribution in [0.4, 0.5) is 17.2 Å². The Morgan fingerprint density at radius 3 is 2.26 bits per heavy atom. The summed E-state index contributed by atoms with van der Waals surface area (Å²) < 4.78 is 0. The van der Waals surface area contributed by atoms with E-state index < -0.39 is 0 Å². The van der Waals surface area contributed by atoms with E-state index in [0.29, 0.717) is 17.9 Å². The van der Waals surface area contributed by atoms with Crippen molar-refractivity contribution in [2.45, 2.75) is 19.3 Å². The lowest BCUT2D eigenvalue weighted by atomic mass is 10.0. The van der Waals surface area contributed by atoms with Crippen molar-refractivity contribution >= 4 is 34.0 Å². The highest BCUT2D eigenvalue weighted by atomic mass is 16.3. The Hall–Kier alpha value is -4.10. The Morgan fingerprint density at radius 2 is 1.51 bits per heavy atom. The van der Waals surface area contributed by atoms with E-state index >= 15 is 0 Å². The molecule has 5 rings (SSSR count). The lowest BCUT2D eigenvalue weighted by molar-refractivity contribution is -0.117. The SMILES string of the molecule is O=C(CN1CCCCC1)Nc1ccc(Nc2nc3cc(O)ccc3cc2-c2ccc(O)cc2)cc1. The predicted octanol–water partition coefficient (Wildman–Crippen LogP) is 5.48.